The van der Waals surface area contributed by atoms with Crippen molar-refractivity contribution in [3.8, 4) is 5.75 Å². The molecule has 0 unspecified atom stereocenters. The Balaban J connectivity index is 1.52. The van der Waals surface area contributed by atoms with E-state index in [1.165, 1.54) is 23.9 Å². The van der Waals surface area contributed by atoms with Crippen molar-refractivity contribution in [3.05, 3.63) is 117 Å². The second kappa shape index (κ2) is 10.9. The minimum Gasteiger partial charge on any atom is -0.488 e. The molecule has 8 heteroatoms. The molecule has 1 saturated heterocycles. The minimum atomic E-state index is -0.426. The number of hydrogen-bond donors (Lipinski definition) is 0. The number of amidine groups is 1. The van der Waals surface area contributed by atoms with E-state index in [9.17, 15) is 14.9 Å². The molecule has 0 saturated carbocycles. The van der Waals surface area contributed by atoms with Crippen LogP contribution in [0.5, 0.6) is 5.75 Å². The minimum absolute atomic E-state index is 0.0318. The number of ether oxygens (including phenoxy) is 1. The number of carbonyl (C=O) groups excluding carboxylic acids is 1. The van der Waals surface area contributed by atoms with Gasteiger partial charge in [0.25, 0.3) is 11.6 Å². The summed E-state index contributed by atoms with van der Waals surface area (Å²) in [6.07, 6.45) is 1.88. The molecule has 5 rings (SSSR count). The first-order valence-electron chi connectivity index (χ1n) is 12.2. The van der Waals surface area contributed by atoms with Gasteiger partial charge in [0.15, 0.2) is 5.17 Å². The molecule has 0 N–H and O–H groups in total. The van der Waals surface area contributed by atoms with E-state index in [2.05, 4.69) is 0 Å². The van der Waals surface area contributed by atoms with E-state index in [1.807, 2.05) is 86.7 Å². The van der Waals surface area contributed by atoms with E-state index in [0.29, 0.717) is 15.8 Å². The molecule has 190 valence electrons. The van der Waals surface area contributed by atoms with E-state index < -0.39 is 4.92 Å². The van der Waals surface area contributed by atoms with E-state index in [0.717, 1.165) is 27.6 Å². The largest absolute Gasteiger partial charge is 0.488 e. The zero-order valence-corrected chi connectivity index (χ0v) is 21.7. The molecule has 1 fully saturated rings. The van der Waals surface area contributed by atoms with Crippen LogP contribution in [0.3, 0.4) is 0 Å². The number of thioether (sulfide) groups is 1. The highest BCUT2D eigenvalue weighted by Gasteiger charge is 2.35. The Morgan fingerprint density at radius 1 is 0.974 bits per heavy atom. The summed E-state index contributed by atoms with van der Waals surface area (Å²) in [7, 11) is 0. The van der Waals surface area contributed by atoms with Crippen LogP contribution in [-0.4, -0.2) is 26.9 Å². The molecule has 0 bridgehead atoms. The standard InChI is InChI=1S/C30H25N3O4S/c1-20(2)32-29(34)28(38-30(32)31-23-9-4-3-5-10-23)18-26-25-11-7-6-8-22(25)14-17-27(26)37-19-21-12-15-24(16-13-21)33(35)36/h3-18,20H,19H2,1-2H3/b28-18+,31-30?. The van der Waals surface area contributed by atoms with Crippen molar-refractivity contribution in [2.24, 2.45) is 4.99 Å². The van der Waals surface area contributed by atoms with Crippen LogP contribution in [0.25, 0.3) is 16.8 Å². The summed E-state index contributed by atoms with van der Waals surface area (Å²) in [5.41, 5.74) is 2.42. The van der Waals surface area contributed by atoms with Crippen LogP contribution in [-0.2, 0) is 11.4 Å². The Kier molecular flexibility index (Phi) is 7.24. The highest BCUT2D eigenvalue weighted by atomic mass is 32.2. The summed E-state index contributed by atoms with van der Waals surface area (Å²) in [4.78, 5) is 31.1. The topological polar surface area (TPSA) is 85.0 Å². The molecule has 38 heavy (non-hydrogen) atoms. The lowest BCUT2D eigenvalue weighted by Gasteiger charge is -2.19. The molecule has 1 aliphatic heterocycles. The number of carbonyl (C=O) groups is 1. The third-order valence-electron chi connectivity index (χ3n) is 6.08. The SMILES string of the molecule is CC(C)N1C(=O)/C(=C\c2c(OCc3ccc([N+](=O)[O-])cc3)ccc3ccccc23)SC1=Nc1ccccc1. The fourth-order valence-corrected chi connectivity index (χ4v) is 5.29. The molecular weight excluding hydrogens is 498 g/mol. The van der Waals surface area contributed by atoms with Gasteiger partial charge in [0.2, 0.25) is 0 Å². The molecule has 4 aromatic carbocycles. The Morgan fingerprint density at radius 2 is 1.68 bits per heavy atom. The highest BCUT2D eigenvalue weighted by molar-refractivity contribution is 8.18. The number of rotatable bonds is 7. The van der Waals surface area contributed by atoms with E-state index in [4.69, 9.17) is 9.73 Å². The van der Waals surface area contributed by atoms with Crippen molar-refractivity contribution < 1.29 is 14.5 Å². The monoisotopic (exact) mass is 523 g/mol. The quantitative estimate of drug-likeness (QED) is 0.144. The maximum absolute atomic E-state index is 13.5. The number of nitro groups is 1. The maximum Gasteiger partial charge on any atom is 0.269 e. The van der Waals surface area contributed by atoms with Gasteiger partial charge in [-0.15, -0.1) is 0 Å². The summed E-state index contributed by atoms with van der Waals surface area (Å²) in [5, 5.41) is 13.6. The lowest BCUT2D eigenvalue weighted by molar-refractivity contribution is -0.384. The summed E-state index contributed by atoms with van der Waals surface area (Å²) in [6, 6.07) is 27.6. The van der Waals surface area contributed by atoms with Crippen LogP contribution in [0, 0.1) is 10.1 Å². The second-order valence-corrected chi connectivity index (χ2v) is 10.0. The summed E-state index contributed by atoms with van der Waals surface area (Å²) >= 11 is 1.35. The normalized spacial score (nSPS) is 15.7. The van der Waals surface area contributed by atoms with Gasteiger partial charge >= 0.3 is 0 Å². The van der Waals surface area contributed by atoms with Crippen LogP contribution < -0.4 is 4.74 Å². The van der Waals surface area contributed by atoms with Crippen molar-refractivity contribution in [2.75, 3.05) is 0 Å². The van der Waals surface area contributed by atoms with E-state index in [1.54, 1.807) is 17.0 Å². The number of fused-ring (bicyclic) bond motifs is 1. The first-order chi connectivity index (χ1) is 18.4. The average Bonchev–Trinajstić information content (AvgIpc) is 3.23. The molecule has 1 aliphatic rings. The van der Waals surface area contributed by atoms with Crippen LogP contribution in [0.15, 0.2) is 101 Å². The molecule has 0 spiro atoms. The van der Waals surface area contributed by atoms with Crippen LogP contribution in [0.1, 0.15) is 25.0 Å². The van der Waals surface area contributed by atoms with Crippen LogP contribution in [0.2, 0.25) is 0 Å². The number of non-ortho nitro benzene ring substituents is 1. The van der Waals surface area contributed by atoms with Gasteiger partial charge in [-0.2, -0.15) is 0 Å². The van der Waals surface area contributed by atoms with Gasteiger partial charge in [-0.3, -0.25) is 19.8 Å². The van der Waals surface area contributed by atoms with Crippen molar-refractivity contribution >= 4 is 51.1 Å². The van der Waals surface area contributed by atoms with E-state index in [-0.39, 0.29) is 24.2 Å². The molecule has 0 aromatic heterocycles. The molecular formula is C30H25N3O4S. The summed E-state index contributed by atoms with van der Waals surface area (Å²) < 4.78 is 6.20. The maximum atomic E-state index is 13.5. The Labute approximate surface area is 224 Å². The zero-order valence-electron chi connectivity index (χ0n) is 20.9. The van der Waals surface area contributed by atoms with Crippen molar-refractivity contribution in [2.45, 2.75) is 26.5 Å². The fraction of sp³-hybridized carbons (Fsp3) is 0.133. The first kappa shape index (κ1) is 25.2. The molecule has 0 radical (unpaired) electrons. The van der Waals surface area contributed by atoms with Crippen molar-refractivity contribution in [1.29, 1.82) is 0 Å². The molecule has 1 heterocycles. The molecule has 0 aliphatic carbocycles. The van der Waals surface area contributed by atoms with Gasteiger partial charge in [0, 0.05) is 23.7 Å². The number of nitrogens with zero attached hydrogens (tertiary/aromatic N) is 3. The predicted octanol–water partition coefficient (Wildman–Crippen LogP) is 7.34. The number of hydrogen-bond acceptors (Lipinski definition) is 6. The first-order valence-corrected chi connectivity index (χ1v) is 13.0. The number of nitro benzene ring substituents is 1. The van der Waals surface area contributed by atoms with Crippen LogP contribution >= 0.6 is 11.8 Å². The van der Waals surface area contributed by atoms with Gasteiger partial charge in [-0.05, 0) is 78.4 Å². The van der Waals surface area contributed by atoms with E-state index >= 15 is 0 Å². The van der Waals surface area contributed by atoms with Gasteiger partial charge < -0.3 is 4.74 Å². The molecule has 4 aromatic rings. The Hall–Kier alpha value is -4.43. The molecule has 1 amide bonds. The Bertz CT molecular complexity index is 1560. The smallest absolute Gasteiger partial charge is 0.269 e. The third-order valence-corrected chi connectivity index (χ3v) is 7.06. The molecule has 7 nitrogen and oxygen atoms in total. The predicted molar refractivity (Wildman–Crippen MR) is 152 cm³/mol. The average molecular weight is 524 g/mol. The number of para-hydroxylation sites is 1. The summed E-state index contributed by atoms with van der Waals surface area (Å²) in [5.74, 6) is 0.515. The molecule has 0 atom stereocenters. The fourth-order valence-electron chi connectivity index (χ4n) is 4.19. The van der Waals surface area contributed by atoms with Gasteiger partial charge in [-0.25, -0.2) is 4.99 Å². The third kappa shape index (κ3) is 5.31. The number of benzene rings is 4. The van der Waals surface area contributed by atoms with Crippen molar-refractivity contribution in [1.82, 2.24) is 4.90 Å². The van der Waals surface area contributed by atoms with Crippen LogP contribution in [0.4, 0.5) is 11.4 Å². The van der Waals surface area contributed by atoms with Gasteiger partial charge in [0.05, 0.1) is 15.5 Å². The lowest BCUT2D eigenvalue weighted by Crippen LogP contribution is -2.35. The Morgan fingerprint density at radius 3 is 2.39 bits per heavy atom. The van der Waals surface area contributed by atoms with Gasteiger partial charge in [-0.1, -0.05) is 48.5 Å². The highest BCUT2D eigenvalue weighted by Crippen LogP contribution is 2.38. The zero-order chi connectivity index (χ0) is 26.6. The summed E-state index contributed by atoms with van der Waals surface area (Å²) in [6.45, 7) is 4.17. The van der Waals surface area contributed by atoms with Gasteiger partial charge in [0.1, 0.15) is 12.4 Å². The second-order valence-electron chi connectivity index (χ2n) is 9.02. The number of amides is 1. The van der Waals surface area contributed by atoms with Crippen molar-refractivity contribution in [3.63, 3.8) is 0 Å². The lowest BCUT2D eigenvalue weighted by atomic mass is 10.0. The number of aliphatic imine (C=N–C) groups is 1.